The van der Waals surface area contributed by atoms with Crippen LogP contribution in [0.5, 0.6) is 0 Å². The van der Waals surface area contributed by atoms with Crippen molar-refractivity contribution < 1.29 is 5.11 Å². The maximum Gasteiger partial charge on any atom is 0.0721 e. The number of fused-ring (bicyclic) bond motifs is 2. The average molecular weight is 263 g/mol. The van der Waals surface area contributed by atoms with Crippen molar-refractivity contribution in [2.75, 3.05) is 6.54 Å². The number of rotatable bonds is 3. The fourth-order valence-corrected chi connectivity index (χ4v) is 6.17. The topological polar surface area (TPSA) is 46.2 Å². The summed E-state index contributed by atoms with van der Waals surface area (Å²) in [6.45, 7) is 0.724. The Kier molecular flexibility index (Phi) is 2.80. The Morgan fingerprint density at radius 1 is 1.00 bits per heavy atom. The smallest absolute Gasteiger partial charge is 0.0721 e. The first-order valence-electron chi connectivity index (χ1n) is 8.59. The molecule has 0 spiro atoms. The molecule has 0 aromatic heterocycles. The lowest BCUT2D eigenvalue weighted by Crippen LogP contribution is -2.57. The molecule has 4 aliphatic rings. The Balaban J connectivity index is 1.61. The molecule has 0 heterocycles. The van der Waals surface area contributed by atoms with Crippen LogP contribution in [0.2, 0.25) is 0 Å². The molecule has 2 heteroatoms. The summed E-state index contributed by atoms with van der Waals surface area (Å²) in [7, 11) is 0. The molecular weight excluding hydrogens is 234 g/mol. The molecule has 0 aromatic carbocycles. The van der Waals surface area contributed by atoms with Crippen molar-refractivity contribution in [2.24, 2.45) is 34.8 Å². The molecule has 2 nitrogen and oxygen atoms in total. The fraction of sp³-hybridized carbons (Fsp3) is 1.00. The van der Waals surface area contributed by atoms with E-state index < -0.39 is 5.60 Å². The van der Waals surface area contributed by atoms with Crippen LogP contribution >= 0.6 is 0 Å². The molecule has 108 valence electrons. The zero-order valence-corrected chi connectivity index (χ0v) is 12.1. The number of hydrogen-bond acceptors (Lipinski definition) is 2. The van der Waals surface area contributed by atoms with E-state index in [0.717, 1.165) is 43.1 Å². The molecule has 19 heavy (non-hydrogen) atoms. The first kappa shape index (κ1) is 12.6. The second kappa shape index (κ2) is 4.21. The van der Waals surface area contributed by atoms with Gasteiger partial charge in [-0.25, -0.2) is 0 Å². The number of nitrogens with two attached hydrogens (primary N) is 1. The highest BCUT2D eigenvalue weighted by atomic mass is 16.3. The second-order valence-corrected chi connectivity index (χ2v) is 8.17. The van der Waals surface area contributed by atoms with Gasteiger partial charge in [-0.1, -0.05) is 12.8 Å². The average Bonchev–Trinajstić information content (AvgIpc) is 3.08. The highest BCUT2D eigenvalue weighted by Crippen LogP contribution is 2.64. The third kappa shape index (κ3) is 1.75. The molecule has 0 saturated heterocycles. The van der Waals surface area contributed by atoms with Gasteiger partial charge in [-0.3, -0.25) is 0 Å². The van der Waals surface area contributed by atoms with Gasteiger partial charge >= 0.3 is 0 Å². The van der Waals surface area contributed by atoms with Gasteiger partial charge in [-0.05, 0) is 75.0 Å². The van der Waals surface area contributed by atoms with Crippen molar-refractivity contribution in [2.45, 2.75) is 69.8 Å². The van der Waals surface area contributed by atoms with Crippen LogP contribution in [-0.4, -0.2) is 17.3 Å². The Morgan fingerprint density at radius 2 is 1.84 bits per heavy atom. The predicted molar refractivity (Wildman–Crippen MR) is 76.6 cm³/mol. The third-order valence-corrected chi connectivity index (χ3v) is 7.32. The summed E-state index contributed by atoms with van der Waals surface area (Å²) in [4.78, 5) is 0. The molecule has 4 aliphatic carbocycles. The third-order valence-electron chi connectivity index (χ3n) is 7.32. The Labute approximate surface area is 117 Å². The lowest BCUT2D eigenvalue weighted by atomic mass is 9.56. The molecule has 4 saturated carbocycles. The standard InChI is InChI=1S/C17H29NO/c18-11-16(9-12-3-6-15(16)8-12)17(19)7-1-2-14(10-17)13-4-5-13/h12-15,19H,1-11,18H2. The molecule has 0 aromatic rings. The van der Waals surface area contributed by atoms with Gasteiger partial charge in [0, 0.05) is 12.0 Å². The molecule has 5 atom stereocenters. The van der Waals surface area contributed by atoms with E-state index in [2.05, 4.69) is 0 Å². The van der Waals surface area contributed by atoms with E-state index in [9.17, 15) is 5.11 Å². The van der Waals surface area contributed by atoms with Crippen LogP contribution in [0, 0.1) is 29.1 Å². The van der Waals surface area contributed by atoms with Crippen molar-refractivity contribution in [3.8, 4) is 0 Å². The predicted octanol–water partition coefficient (Wildman–Crippen LogP) is 3.08. The van der Waals surface area contributed by atoms with E-state index in [1.165, 1.54) is 51.4 Å². The van der Waals surface area contributed by atoms with Crippen molar-refractivity contribution in [1.29, 1.82) is 0 Å². The van der Waals surface area contributed by atoms with E-state index in [4.69, 9.17) is 5.73 Å². The van der Waals surface area contributed by atoms with Crippen LogP contribution < -0.4 is 5.73 Å². The van der Waals surface area contributed by atoms with Crippen molar-refractivity contribution in [3.63, 3.8) is 0 Å². The van der Waals surface area contributed by atoms with E-state index >= 15 is 0 Å². The van der Waals surface area contributed by atoms with Gasteiger partial charge < -0.3 is 10.8 Å². The maximum absolute atomic E-state index is 11.5. The minimum Gasteiger partial charge on any atom is -0.389 e. The summed E-state index contributed by atoms with van der Waals surface area (Å²) in [6, 6.07) is 0. The molecule has 4 fully saturated rings. The lowest BCUT2D eigenvalue weighted by Gasteiger charge is -2.53. The van der Waals surface area contributed by atoms with Gasteiger partial charge in [0.15, 0.2) is 0 Å². The van der Waals surface area contributed by atoms with Crippen LogP contribution in [-0.2, 0) is 0 Å². The summed E-state index contributed by atoms with van der Waals surface area (Å²) in [5, 5.41) is 11.5. The Bertz CT molecular complexity index is 366. The Hall–Kier alpha value is -0.0800. The van der Waals surface area contributed by atoms with Crippen LogP contribution in [0.15, 0.2) is 0 Å². The highest BCUT2D eigenvalue weighted by Gasteiger charge is 2.61. The minimum atomic E-state index is -0.424. The van der Waals surface area contributed by atoms with E-state index in [-0.39, 0.29) is 5.41 Å². The molecule has 4 rings (SSSR count). The summed E-state index contributed by atoms with van der Waals surface area (Å²) in [6.07, 6.45) is 12.8. The highest BCUT2D eigenvalue weighted by molar-refractivity contribution is 5.12. The lowest BCUT2D eigenvalue weighted by molar-refractivity contribution is -0.143. The Morgan fingerprint density at radius 3 is 2.42 bits per heavy atom. The molecule has 5 unspecified atom stereocenters. The van der Waals surface area contributed by atoms with Gasteiger partial charge in [0.05, 0.1) is 5.60 Å². The van der Waals surface area contributed by atoms with Gasteiger partial charge in [0.2, 0.25) is 0 Å². The van der Waals surface area contributed by atoms with Crippen molar-refractivity contribution in [3.05, 3.63) is 0 Å². The second-order valence-electron chi connectivity index (χ2n) is 8.17. The van der Waals surface area contributed by atoms with Gasteiger partial charge in [-0.2, -0.15) is 0 Å². The van der Waals surface area contributed by atoms with Crippen molar-refractivity contribution >= 4 is 0 Å². The normalized spacial score (nSPS) is 53.7. The van der Waals surface area contributed by atoms with E-state index in [1.54, 1.807) is 0 Å². The largest absolute Gasteiger partial charge is 0.389 e. The molecule has 0 amide bonds. The summed E-state index contributed by atoms with van der Waals surface area (Å²) in [5.41, 5.74) is 5.91. The molecule has 0 radical (unpaired) electrons. The molecular formula is C17H29NO. The van der Waals surface area contributed by atoms with Crippen LogP contribution in [0.25, 0.3) is 0 Å². The minimum absolute atomic E-state index is 0.0868. The molecule has 3 N–H and O–H groups in total. The van der Waals surface area contributed by atoms with Gasteiger partial charge in [-0.15, -0.1) is 0 Å². The monoisotopic (exact) mass is 263 g/mol. The number of hydrogen-bond donors (Lipinski definition) is 2. The summed E-state index contributed by atoms with van der Waals surface area (Å²) < 4.78 is 0. The van der Waals surface area contributed by atoms with Crippen LogP contribution in [0.3, 0.4) is 0 Å². The van der Waals surface area contributed by atoms with Gasteiger partial charge in [0.25, 0.3) is 0 Å². The SMILES string of the molecule is NCC1(C2(O)CCCC(C3CC3)C2)CC2CCC1C2. The summed E-state index contributed by atoms with van der Waals surface area (Å²) in [5.74, 6) is 3.35. The van der Waals surface area contributed by atoms with E-state index in [0.29, 0.717) is 0 Å². The van der Waals surface area contributed by atoms with Crippen LogP contribution in [0.1, 0.15) is 64.2 Å². The van der Waals surface area contributed by atoms with Crippen LogP contribution in [0.4, 0.5) is 0 Å². The number of aliphatic hydroxyl groups is 1. The fourth-order valence-electron chi connectivity index (χ4n) is 6.17. The summed E-state index contributed by atoms with van der Waals surface area (Å²) >= 11 is 0. The van der Waals surface area contributed by atoms with Crippen molar-refractivity contribution in [1.82, 2.24) is 0 Å². The quantitative estimate of drug-likeness (QED) is 0.822. The van der Waals surface area contributed by atoms with E-state index in [1.807, 2.05) is 0 Å². The van der Waals surface area contributed by atoms with Gasteiger partial charge in [0.1, 0.15) is 0 Å². The first-order valence-corrected chi connectivity index (χ1v) is 8.59. The first-order chi connectivity index (χ1) is 9.17. The zero-order chi connectivity index (χ0) is 13.1. The molecule has 0 aliphatic heterocycles. The molecule has 2 bridgehead atoms. The zero-order valence-electron chi connectivity index (χ0n) is 12.1. The maximum atomic E-state index is 11.5.